The average Bonchev–Trinajstić information content (AvgIpc) is 2.89. The topological polar surface area (TPSA) is 68.0 Å². The number of carboxylic acids is 1. The van der Waals surface area contributed by atoms with Gasteiger partial charge in [-0.05, 0) is 48.8 Å². The van der Waals surface area contributed by atoms with Gasteiger partial charge < -0.3 is 5.11 Å². The number of aromatic carboxylic acids is 1. The molecule has 1 aromatic carbocycles. The zero-order valence-electron chi connectivity index (χ0n) is 13.2. The van der Waals surface area contributed by atoms with Crippen molar-refractivity contribution in [1.82, 2.24) is 15.0 Å². The first-order valence-corrected chi connectivity index (χ1v) is 7.63. The number of benzene rings is 1. The summed E-state index contributed by atoms with van der Waals surface area (Å²) in [5.74, 6) is -0.320. The summed E-state index contributed by atoms with van der Waals surface area (Å²) in [7, 11) is 0. The van der Waals surface area contributed by atoms with Crippen molar-refractivity contribution in [3.05, 3.63) is 41.2 Å². The van der Waals surface area contributed by atoms with E-state index in [0.29, 0.717) is 5.92 Å². The van der Waals surface area contributed by atoms with Crippen LogP contribution >= 0.6 is 0 Å². The molecule has 0 saturated carbocycles. The number of hydrogen-bond acceptors (Lipinski definition) is 3. The molecule has 0 amide bonds. The first-order chi connectivity index (χ1) is 10.4. The third-order valence-electron chi connectivity index (χ3n) is 4.58. The average molecular weight is 299 g/mol. The van der Waals surface area contributed by atoms with Crippen molar-refractivity contribution in [1.29, 1.82) is 0 Å². The number of carbonyl (C=O) groups is 1. The molecule has 5 nitrogen and oxygen atoms in total. The van der Waals surface area contributed by atoms with Gasteiger partial charge in [0.1, 0.15) is 0 Å². The fraction of sp³-hybridized carbons (Fsp3) is 0.471. The summed E-state index contributed by atoms with van der Waals surface area (Å²) in [5.41, 5.74) is 3.47. The lowest BCUT2D eigenvalue weighted by molar-refractivity contribution is 0.0697. The van der Waals surface area contributed by atoms with Crippen LogP contribution in [0.25, 0.3) is 5.69 Å². The maximum absolute atomic E-state index is 11.1. The molecule has 1 N–H and O–H groups in total. The van der Waals surface area contributed by atoms with E-state index in [-0.39, 0.29) is 11.0 Å². The first-order valence-electron chi connectivity index (χ1n) is 7.63. The van der Waals surface area contributed by atoms with Gasteiger partial charge >= 0.3 is 5.97 Å². The maximum atomic E-state index is 11.1. The van der Waals surface area contributed by atoms with Crippen molar-refractivity contribution in [2.75, 3.05) is 0 Å². The lowest BCUT2D eigenvalue weighted by Crippen LogP contribution is -2.27. The summed E-state index contributed by atoms with van der Waals surface area (Å²) in [4.78, 5) is 11.1. The van der Waals surface area contributed by atoms with Gasteiger partial charge in [0.15, 0.2) is 0 Å². The Morgan fingerprint density at radius 1 is 1.36 bits per heavy atom. The molecule has 0 spiro atoms. The molecule has 1 aromatic heterocycles. The van der Waals surface area contributed by atoms with E-state index in [4.69, 9.17) is 5.11 Å². The van der Waals surface area contributed by atoms with Gasteiger partial charge in [-0.2, -0.15) is 0 Å². The quantitative estimate of drug-likeness (QED) is 0.925. The summed E-state index contributed by atoms with van der Waals surface area (Å²) < 4.78 is 1.79. The summed E-state index contributed by atoms with van der Waals surface area (Å²) >= 11 is 0. The molecule has 1 unspecified atom stereocenters. The number of fused-ring (bicyclic) bond motifs is 1. The predicted molar refractivity (Wildman–Crippen MR) is 83.3 cm³/mol. The number of nitrogens with zero attached hydrogens (tertiary/aromatic N) is 3. The fourth-order valence-electron chi connectivity index (χ4n) is 3.11. The molecule has 22 heavy (non-hydrogen) atoms. The molecule has 116 valence electrons. The predicted octanol–water partition coefficient (Wildman–Crippen LogP) is 3.12. The van der Waals surface area contributed by atoms with Gasteiger partial charge in [0, 0.05) is 0 Å². The molecule has 0 saturated heterocycles. The Labute approximate surface area is 130 Å². The van der Waals surface area contributed by atoms with E-state index < -0.39 is 5.97 Å². The van der Waals surface area contributed by atoms with Crippen LogP contribution in [0.1, 0.15) is 48.9 Å². The van der Waals surface area contributed by atoms with E-state index in [1.165, 1.54) is 0 Å². The molecule has 0 radical (unpaired) electrons. The zero-order chi connectivity index (χ0) is 15.9. The number of aromatic nitrogens is 3. The van der Waals surface area contributed by atoms with Gasteiger partial charge in [-0.15, -0.1) is 5.10 Å². The highest BCUT2D eigenvalue weighted by Crippen LogP contribution is 2.36. The van der Waals surface area contributed by atoms with Gasteiger partial charge in [-0.25, -0.2) is 9.48 Å². The van der Waals surface area contributed by atoms with Gasteiger partial charge in [-0.3, -0.25) is 0 Å². The molecule has 2 aromatic rings. The molecule has 0 fully saturated rings. The van der Waals surface area contributed by atoms with Crippen LogP contribution < -0.4 is 0 Å². The largest absolute Gasteiger partial charge is 0.478 e. The Morgan fingerprint density at radius 3 is 2.82 bits per heavy atom. The lowest BCUT2D eigenvalue weighted by atomic mass is 9.73. The monoisotopic (exact) mass is 299 g/mol. The Kier molecular flexibility index (Phi) is 3.51. The first kappa shape index (κ1) is 14.8. The van der Waals surface area contributed by atoms with Gasteiger partial charge in [-0.1, -0.05) is 32.1 Å². The number of carboxylic acid groups (broad SMARTS) is 1. The molecule has 1 aliphatic rings. The van der Waals surface area contributed by atoms with Crippen LogP contribution in [0.4, 0.5) is 0 Å². The van der Waals surface area contributed by atoms with Crippen LogP contribution in [0.2, 0.25) is 0 Å². The van der Waals surface area contributed by atoms with Crippen molar-refractivity contribution in [3.63, 3.8) is 0 Å². The van der Waals surface area contributed by atoms with E-state index in [1.54, 1.807) is 22.9 Å². The summed E-state index contributed by atoms with van der Waals surface area (Å²) in [5, 5.41) is 17.7. The highest BCUT2D eigenvalue weighted by Gasteiger charge is 2.31. The Balaban J connectivity index is 1.95. The highest BCUT2D eigenvalue weighted by molar-refractivity contribution is 5.88. The molecule has 5 heteroatoms. The van der Waals surface area contributed by atoms with Crippen molar-refractivity contribution in [2.24, 2.45) is 11.3 Å². The molecule has 0 aliphatic heterocycles. The van der Waals surface area contributed by atoms with Crippen LogP contribution in [0.5, 0.6) is 0 Å². The molecular weight excluding hydrogens is 278 g/mol. The normalized spacial score (nSPS) is 18.0. The second-order valence-corrected chi connectivity index (χ2v) is 7.06. The number of rotatable bonds is 2. The minimum absolute atomic E-state index is 0.269. The van der Waals surface area contributed by atoms with Crippen molar-refractivity contribution < 1.29 is 9.90 Å². The second-order valence-electron chi connectivity index (χ2n) is 7.06. The van der Waals surface area contributed by atoms with Crippen molar-refractivity contribution in [2.45, 2.75) is 40.0 Å². The van der Waals surface area contributed by atoms with Crippen LogP contribution in [0, 0.1) is 11.3 Å². The zero-order valence-corrected chi connectivity index (χ0v) is 13.2. The molecule has 0 bridgehead atoms. The van der Waals surface area contributed by atoms with E-state index in [0.717, 1.165) is 36.3 Å². The molecule has 1 heterocycles. The number of hydrogen-bond donors (Lipinski definition) is 1. The van der Waals surface area contributed by atoms with Gasteiger partial charge in [0.2, 0.25) is 0 Å². The van der Waals surface area contributed by atoms with Crippen LogP contribution in [-0.2, 0) is 12.8 Å². The summed E-state index contributed by atoms with van der Waals surface area (Å²) in [6, 6.07) is 6.85. The van der Waals surface area contributed by atoms with E-state index in [2.05, 4.69) is 31.1 Å². The van der Waals surface area contributed by atoms with Gasteiger partial charge in [0.25, 0.3) is 0 Å². The van der Waals surface area contributed by atoms with Crippen molar-refractivity contribution >= 4 is 5.97 Å². The third kappa shape index (κ3) is 2.63. The highest BCUT2D eigenvalue weighted by atomic mass is 16.4. The third-order valence-corrected chi connectivity index (χ3v) is 4.58. The smallest absolute Gasteiger partial charge is 0.335 e. The molecule has 1 aliphatic carbocycles. The summed E-state index contributed by atoms with van der Waals surface area (Å²) in [6.07, 6.45) is 2.99. The molecular formula is C17H21N3O2. The minimum Gasteiger partial charge on any atom is -0.478 e. The van der Waals surface area contributed by atoms with Crippen molar-refractivity contribution in [3.8, 4) is 5.69 Å². The van der Waals surface area contributed by atoms with E-state index in [1.807, 2.05) is 6.07 Å². The molecule has 1 atom stereocenters. The van der Waals surface area contributed by atoms with Gasteiger partial charge in [0.05, 0.1) is 22.6 Å². The van der Waals surface area contributed by atoms with E-state index >= 15 is 0 Å². The summed E-state index contributed by atoms with van der Waals surface area (Å²) in [6.45, 7) is 6.80. The molecule has 3 rings (SSSR count). The standard InChI is InChI=1S/C17H21N3O2/c1-17(2,3)12-7-8-15-14(10-12)18-19-20(15)13-6-4-5-11(9-13)16(21)22/h4-6,9,12H,7-8,10H2,1-3H3,(H,21,22). The Bertz CT molecular complexity index is 713. The van der Waals surface area contributed by atoms with Crippen LogP contribution in [0.3, 0.4) is 0 Å². The maximum Gasteiger partial charge on any atom is 0.335 e. The Hall–Kier alpha value is -2.17. The Morgan fingerprint density at radius 2 is 2.14 bits per heavy atom. The SMILES string of the molecule is CC(C)(C)C1CCc2c(nnn2-c2cccc(C(=O)O)c2)C1. The second kappa shape index (κ2) is 5.23. The minimum atomic E-state index is -0.927. The van der Waals surface area contributed by atoms with Crippen LogP contribution in [-0.4, -0.2) is 26.1 Å². The lowest BCUT2D eigenvalue weighted by Gasteiger charge is -2.33. The fourth-order valence-corrected chi connectivity index (χ4v) is 3.11. The van der Waals surface area contributed by atoms with E-state index in [9.17, 15) is 4.79 Å². The van der Waals surface area contributed by atoms with Crippen LogP contribution in [0.15, 0.2) is 24.3 Å².